The Morgan fingerprint density at radius 2 is 1.95 bits per heavy atom. The van der Waals surface area contributed by atoms with Crippen molar-refractivity contribution in [2.24, 2.45) is 5.41 Å². The minimum atomic E-state index is -0.276. The molecule has 3 nitrogen and oxygen atoms in total. The summed E-state index contributed by atoms with van der Waals surface area (Å²) < 4.78 is 0. The van der Waals surface area contributed by atoms with Gasteiger partial charge in [0.2, 0.25) is 5.91 Å². The van der Waals surface area contributed by atoms with Crippen LogP contribution in [0.3, 0.4) is 0 Å². The van der Waals surface area contributed by atoms with Crippen LogP contribution in [0.1, 0.15) is 25.3 Å². The van der Waals surface area contributed by atoms with E-state index in [1.54, 1.807) is 0 Å². The van der Waals surface area contributed by atoms with Crippen LogP contribution in [0.25, 0.3) is 0 Å². The van der Waals surface area contributed by atoms with Crippen molar-refractivity contribution in [1.82, 2.24) is 10.2 Å². The third-order valence-corrected chi connectivity index (χ3v) is 4.88. The van der Waals surface area contributed by atoms with E-state index in [0.29, 0.717) is 6.42 Å². The topological polar surface area (TPSA) is 32.3 Å². The van der Waals surface area contributed by atoms with Gasteiger partial charge in [0, 0.05) is 6.54 Å². The van der Waals surface area contributed by atoms with Gasteiger partial charge in [-0.25, -0.2) is 0 Å². The zero-order valence-corrected chi connectivity index (χ0v) is 13.9. The van der Waals surface area contributed by atoms with E-state index in [9.17, 15) is 4.79 Å². The summed E-state index contributed by atoms with van der Waals surface area (Å²) in [6, 6.07) is 10.0. The fourth-order valence-electron chi connectivity index (χ4n) is 2.68. The SMILES string of the molecule is CN1CCC(C)(CNC(=O)C(S)Cc2ccccc2)CC1. The van der Waals surface area contributed by atoms with Crippen molar-refractivity contribution in [3.63, 3.8) is 0 Å². The number of piperidine rings is 1. The van der Waals surface area contributed by atoms with Gasteiger partial charge >= 0.3 is 0 Å². The van der Waals surface area contributed by atoms with Crippen molar-refractivity contribution < 1.29 is 4.79 Å². The zero-order valence-electron chi connectivity index (χ0n) is 13.0. The number of carbonyl (C=O) groups is 1. The highest BCUT2D eigenvalue weighted by Gasteiger charge is 2.29. The summed E-state index contributed by atoms with van der Waals surface area (Å²) in [6.07, 6.45) is 2.95. The Bertz CT molecular complexity index is 455. The largest absolute Gasteiger partial charge is 0.355 e. The molecule has 1 fully saturated rings. The van der Waals surface area contributed by atoms with E-state index in [1.807, 2.05) is 30.3 Å². The lowest BCUT2D eigenvalue weighted by Gasteiger charge is -2.38. The first-order valence-electron chi connectivity index (χ1n) is 7.67. The second-order valence-corrected chi connectivity index (χ2v) is 7.16. The van der Waals surface area contributed by atoms with Crippen molar-refractivity contribution in [1.29, 1.82) is 0 Å². The Hall–Kier alpha value is -1.00. The third-order valence-electron chi connectivity index (χ3n) is 4.46. The number of thiol groups is 1. The maximum Gasteiger partial charge on any atom is 0.233 e. The van der Waals surface area contributed by atoms with E-state index < -0.39 is 0 Å². The predicted octanol–water partition coefficient (Wildman–Crippen LogP) is 2.38. The molecule has 1 heterocycles. The average Bonchev–Trinajstić information content (AvgIpc) is 2.49. The van der Waals surface area contributed by atoms with E-state index in [4.69, 9.17) is 0 Å². The van der Waals surface area contributed by atoms with Gasteiger partial charge in [-0.15, -0.1) is 0 Å². The smallest absolute Gasteiger partial charge is 0.233 e. The Balaban J connectivity index is 1.78. The van der Waals surface area contributed by atoms with Crippen molar-refractivity contribution >= 4 is 18.5 Å². The molecule has 1 amide bonds. The second-order valence-electron chi connectivity index (χ2n) is 6.54. The number of carbonyl (C=O) groups excluding carboxylic acids is 1. The molecule has 4 heteroatoms. The number of hydrogen-bond donors (Lipinski definition) is 2. The Morgan fingerprint density at radius 1 is 1.33 bits per heavy atom. The van der Waals surface area contributed by atoms with Crippen molar-refractivity contribution in [3.05, 3.63) is 35.9 Å². The number of rotatable bonds is 5. The normalized spacial score (nSPS) is 20.0. The first-order chi connectivity index (χ1) is 9.98. The highest BCUT2D eigenvalue weighted by atomic mass is 32.1. The summed E-state index contributed by atoms with van der Waals surface area (Å²) in [7, 11) is 2.15. The molecule has 1 unspecified atom stereocenters. The van der Waals surface area contributed by atoms with Crippen molar-refractivity contribution in [2.45, 2.75) is 31.4 Å². The molecule has 0 saturated carbocycles. The summed E-state index contributed by atoms with van der Waals surface area (Å²) >= 11 is 4.46. The Kier molecular flexibility index (Phi) is 5.71. The monoisotopic (exact) mass is 306 g/mol. The number of amides is 1. The van der Waals surface area contributed by atoms with E-state index >= 15 is 0 Å². The van der Waals surface area contributed by atoms with Crippen molar-refractivity contribution in [3.8, 4) is 0 Å². The number of nitrogens with zero attached hydrogens (tertiary/aromatic N) is 1. The van der Waals surface area contributed by atoms with Gasteiger partial charge in [-0.3, -0.25) is 4.79 Å². The lowest BCUT2D eigenvalue weighted by molar-refractivity contribution is -0.121. The van der Waals surface area contributed by atoms with Crippen molar-refractivity contribution in [2.75, 3.05) is 26.7 Å². The molecule has 21 heavy (non-hydrogen) atoms. The highest BCUT2D eigenvalue weighted by Crippen LogP contribution is 2.29. The molecule has 0 radical (unpaired) electrons. The van der Waals surface area contributed by atoms with Gasteiger partial charge in [0.05, 0.1) is 5.25 Å². The third kappa shape index (κ3) is 5.04. The summed E-state index contributed by atoms with van der Waals surface area (Å²) in [5.41, 5.74) is 1.38. The van der Waals surface area contributed by atoms with Gasteiger partial charge in [-0.05, 0) is 50.4 Å². The van der Waals surface area contributed by atoms with Crippen LogP contribution in [-0.2, 0) is 11.2 Å². The average molecular weight is 306 g/mol. The lowest BCUT2D eigenvalue weighted by Crippen LogP contribution is -2.45. The maximum atomic E-state index is 12.2. The molecule has 116 valence electrons. The Labute approximate surface area is 133 Å². The minimum Gasteiger partial charge on any atom is -0.355 e. The lowest BCUT2D eigenvalue weighted by atomic mass is 9.80. The molecule has 1 atom stereocenters. The number of benzene rings is 1. The number of nitrogens with one attached hydrogen (secondary N) is 1. The fourth-order valence-corrected chi connectivity index (χ4v) is 2.99. The van der Waals surface area contributed by atoms with Crippen LogP contribution in [0.15, 0.2) is 30.3 Å². The Morgan fingerprint density at radius 3 is 2.57 bits per heavy atom. The molecular weight excluding hydrogens is 280 g/mol. The van der Waals surface area contributed by atoms with Gasteiger partial charge in [0.1, 0.15) is 0 Å². The molecule has 1 aliphatic rings. The molecule has 0 aliphatic carbocycles. The van der Waals surface area contributed by atoms with E-state index in [2.05, 4.69) is 36.8 Å². The van der Waals surface area contributed by atoms with Crippen LogP contribution in [-0.4, -0.2) is 42.7 Å². The molecule has 1 aromatic rings. The van der Waals surface area contributed by atoms with Crippen LogP contribution in [0.4, 0.5) is 0 Å². The van der Waals surface area contributed by atoms with Crippen LogP contribution >= 0.6 is 12.6 Å². The number of likely N-dealkylation sites (tertiary alicyclic amines) is 1. The minimum absolute atomic E-state index is 0.0438. The molecular formula is C17H26N2OS. The van der Waals surface area contributed by atoms with E-state index in [-0.39, 0.29) is 16.6 Å². The van der Waals surface area contributed by atoms with E-state index in [0.717, 1.165) is 38.0 Å². The summed E-state index contributed by atoms with van der Waals surface area (Å²) in [6.45, 7) is 5.25. The van der Waals surface area contributed by atoms with E-state index in [1.165, 1.54) is 0 Å². The molecule has 1 aromatic carbocycles. The summed E-state index contributed by atoms with van der Waals surface area (Å²) in [5.74, 6) is 0.0438. The molecule has 0 bridgehead atoms. The van der Waals surface area contributed by atoms with Gasteiger partial charge in [-0.2, -0.15) is 12.6 Å². The van der Waals surface area contributed by atoms with Gasteiger partial charge in [0.25, 0.3) is 0 Å². The maximum absolute atomic E-state index is 12.2. The first-order valence-corrected chi connectivity index (χ1v) is 8.18. The highest BCUT2D eigenvalue weighted by molar-refractivity contribution is 7.81. The summed E-state index contributed by atoms with van der Waals surface area (Å²) in [4.78, 5) is 14.5. The molecule has 1 aliphatic heterocycles. The van der Waals surface area contributed by atoms with Gasteiger partial charge in [-0.1, -0.05) is 37.3 Å². The van der Waals surface area contributed by atoms with Gasteiger partial charge < -0.3 is 10.2 Å². The standard InChI is InChI=1S/C17H26N2OS/c1-17(8-10-19(2)11-9-17)13-18-16(20)15(21)12-14-6-4-3-5-7-14/h3-7,15,21H,8-13H2,1-2H3,(H,18,20). The predicted molar refractivity (Wildman–Crippen MR) is 90.8 cm³/mol. The van der Waals surface area contributed by atoms with Gasteiger partial charge in [0.15, 0.2) is 0 Å². The fraction of sp³-hybridized carbons (Fsp3) is 0.588. The number of hydrogen-bond acceptors (Lipinski definition) is 3. The summed E-state index contributed by atoms with van der Waals surface area (Å²) in [5, 5.41) is 2.82. The molecule has 0 spiro atoms. The molecule has 1 N–H and O–H groups in total. The van der Waals surface area contributed by atoms with Crippen LogP contribution in [0.2, 0.25) is 0 Å². The first kappa shape index (κ1) is 16.4. The quantitative estimate of drug-likeness (QED) is 0.819. The second kappa shape index (κ2) is 7.32. The van der Waals surface area contributed by atoms with Crippen LogP contribution in [0.5, 0.6) is 0 Å². The van der Waals surface area contributed by atoms with Crippen LogP contribution < -0.4 is 5.32 Å². The molecule has 0 aromatic heterocycles. The van der Waals surface area contributed by atoms with Crippen LogP contribution in [0, 0.1) is 5.41 Å². The molecule has 1 saturated heterocycles. The molecule has 2 rings (SSSR count). The zero-order chi connectivity index (χ0) is 15.3.